The Kier molecular flexibility index (Phi) is 6.03. The van der Waals surface area contributed by atoms with Crippen molar-refractivity contribution in [3.8, 4) is 0 Å². The summed E-state index contributed by atoms with van der Waals surface area (Å²) < 4.78 is 0. The van der Waals surface area contributed by atoms with Crippen molar-refractivity contribution < 1.29 is 0 Å². The second kappa shape index (κ2) is 7.05. The monoisotopic (exact) mass is 240 g/mol. The lowest BCUT2D eigenvalue weighted by Crippen LogP contribution is -2.37. The topological polar surface area (TPSA) is 24.1 Å². The Morgan fingerprint density at radius 3 is 2.62 bits per heavy atom. The van der Waals surface area contributed by atoms with Crippen LogP contribution in [-0.4, -0.2) is 25.2 Å². The van der Waals surface area contributed by atoms with Crippen molar-refractivity contribution in [2.24, 2.45) is 0 Å². The van der Waals surface area contributed by atoms with E-state index in [4.69, 9.17) is 0 Å². The van der Waals surface area contributed by atoms with Gasteiger partial charge >= 0.3 is 0 Å². The van der Waals surface area contributed by atoms with Gasteiger partial charge in [0.25, 0.3) is 0 Å². The summed E-state index contributed by atoms with van der Waals surface area (Å²) in [5, 5.41) is 11.3. The minimum Gasteiger partial charge on any atom is -0.316 e. The Bertz CT molecular complexity index is 262. The highest BCUT2D eigenvalue weighted by atomic mass is 32.1. The van der Waals surface area contributed by atoms with Crippen LogP contribution in [0.1, 0.15) is 32.8 Å². The lowest BCUT2D eigenvalue weighted by molar-refractivity contribution is 0.419. The lowest BCUT2D eigenvalue weighted by atomic mass is 10.1. The molecule has 16 heavy (non-hydrogen) atoms. The van der Waals surface area contributed by atoms with Crippen molar-refractivity contribution in [3.05, 3.63) is 22.4 Å². The Morgan fingerprint density at radius 2 is 2.00 bits per heavy atom. The molecule has 0 saturated carbocycles. The average Bonchev–Trinajstić information content (AvgIpc) is 2.67. The summed E-state index contributed by atoms with van der Waals surface area (Å²) in [7, 11) is 0. The highest BCUT2D eigenvalue weighted by Gasteiger charge is 2.06. The zero-order valence-corrected chi connectivity index (χ0v) is 11.5. The molecule has 3 heteroatoms. The van der Waals surface area contributed by atoms with Gasteiger partial charge in [-0.2, -0.15) is 11.3 Å². The summed E-state index contributed by atoms with van der Waals surface area (Å²) in [4.78, 5) is 0. The summed E-state index contributed by atoms with van der Waals surface area (Å²) in [6.07, 6.45) is 2.34. The molecule has 1 rings (SSSR count). The van der Waals surface area contributed by atoms with E-state index in [1.807, 2.05) is 0 Å². The Morgan fingerprint density at radius 1 is 1.19 bits per heavy atom. The number of rotatable bonds is 7. The van der Waals surface area contributed by atoms with E-state index in [0.717, 1.165) is 26.1 Å². The van der Waals surface area contributed by atoms with Gasteiger partial charge in [-0.3, -0.25) is 0 Å². The Labute approximate surface area is 103 Å². The van der Waals surface area contributed by atoms with Crippen LogP contribution in [0.5, 0.6) is 0 Å². The smallest absolute Gasteiger partial charge is 0.00965 e. The van der Waals surface area contributed by atoms with Gasteiger partial charge in [0.1, 0.15) is 0 Å². The second-order valence-corrected chi connectivity index (χ2v) is 5.94. The van der Waals surface area contributed by atoms with Gasteiger partial charge in [0.15, 0.2) is 0 Å². The molecule has 92 valence electrons. The van der Waals surface area contributed by atoms with Crippen LogP contribution in [0.15, 0.2) is 16.8 Å². The van der Waals surface area contributed by atoms with E-state index in [0.29, 0.717) is 0 Å². The molecule has 0 aliphatic rings. The molecule has 0 saturated heterocycles. The molecule has 0 unspecified atom stereocenters. The molecule has 1 aromatic rings. The van der Waals surface area contributed by atoms with Crippen molar-refractivity contribution in [1.29, 1.82) is 0 Å². The number of hydrogen-bond acceptors (Lipinski definition) is 3. The van der Waals surface area contributed by atoms with Crippen LogP contribution in [-0.2, 0) is 6.42 Å². The van der Waals surface area contributed by atoms with Crippen LogP contribution in [0.2, 0.25) is 0 Å². The third-order valence-electron chi connectivity index (χ3n) is 2.36. The zero-order chi connectivity index (χ0) is 11.9. The van der Waals surface area contributed by atoms with E-state index in [1.54, 1.807) is 11.3 Å². The standard InChI is InChI=1S/C13H24N2S/c1-13(2,3)15-8-4-7-14-9-5-12-6-10-16-11-12/h6,10-11,14-15H,4-5,7-9H2,1-3H3. The van der Waals surface area contributed by atoms with E-state index in [-0.39, 0.29) is 5.54 Å². The maximum absolute atomic E-state index is 3.49. The molecule has 0 aliphatic carbocycles. The van der Waals surface area contributed by atoms with Crippen LogP contribution in [0.3, 0.4) is 0 Å². The third kappa shape index (κ3) is 6.99. The fraction of sp³-hybridized carbons (Fsp3) is 0.692. The van der Waals surface area contributed by atoms with Crippen molar-refractivity contribution in [1.82, 2.24) is 10.6 Å². The van der Waals surface area contributed by atoms with E-state index in [9.17, 15) is 0 Å². The van der Waals surface area contributed by atoms with Crippen molar-refractivity contribution in [3.63, 3.8) is 0 Å². The number of nitrogens with one attached hydrogen (secondary N) is 2. The highest BCUT2D eigenvalue weighted by molar-refractivity contribution is 7.07. The predicted molar refractivity (Wildman–Crippen MR) is 73.3 cm³/mol. The molecule has 0 fully saturated rings. The predicted octanol–water partition coefficient (Wildman–Crippen LogP) is 2.66. The summed E-state index contributed by atoms with van der Waals surface area (Å²) in [6.45, 7) is 9.90. The Balaban J connectivity index is 1.89. The summed E-state index contributed by atoms with van der Waals surface area (Å²) in [5.41, 5.74) is 1.70. The molecule has 0 atom stereocenters. The quantitative estimate of drug-likeness (QED) is 0.716. The van der Waals surface area contributed by atoms with E-state index in [1.165, 1.54) is 12.0 Å². The van der Waals surface area contributed by atoms with Gasteiger partial charge in [-0.25, -0.2) is 0 Å². The molecule has 1 heterocycles. The van der Waals surface area contributed by atoms with Crippen molar-refractivity contribution >= 4 is 11.3 Å². The number of hydrogen-bond donors (Lipinski definition) is 2. The first-order chi connectivity index (χ1) is 7.58. The fourth-order valence-corrected chi connectivity index (χ4v) is 2.17. The summed E-state index contributed by atoms with van der Waals surface area (Å²) in [5.74, 6) is 0. The first kappa shape index (κ1) is 13.7. The van der Waals surface area contributed by atoms with Gasteiger partial charge < -0.3 is 10.6 Å². The van der Waals surface area contributed by atoms with Crippen LogP contribution in [0, 0.1) is 0 Å². The maximum Gasteiger partial charge on any atom is 0.00965 e. The Hall–Kier alpha value is -0.380. The molecule has 0 bridgehead atoms. The fourth-order valence-electron chi connectivity index (χ4n) is 1.47. The molecule has 0 aliphatic heterocycles. The van der Waals surface area contributed by atoms with Crippen LogP contribution in [0.25, 0.3) is 0 Å². The zero-order valence-electron chi connectivity index (χ0n) is 10.7. The van der Waals surface area contributed by atoms with E-state index >= 15 is 0 Å². The minimum atomic E-state index is 0.247. The molecular weight excluding hydrogens is 216 g/mol. The van der Waals surface area contributed by atoms with Crippen molar-refractivity contribution in [2.75, 3.05) is 19.6 Å². The van der Waals surface area contributed by atoms with Gasteiger partial charge in [-0.1, -0.05) is 0 Å². The normalized spacial score (nSPS) is 11.9. The maximum atomic E-state index is 3.49. The number of thiophene rings is 1. The minimum absolute atomic E-state index is 0.247. The van der Waals surface area contributed by atoms with Crippen LogP contribution < -0.4 is 10.6 Å². The highest BCUT2D eigenvalue weighted by Crippen LogP contribution is 2.05. The summed E-state index contributed by atoms with van der Waals surface area (Å²) in [6, 6.07) is 2.20. The second-order valence-electron chi connectivity index (χ2n) is 5.16. The van der Waals surface area contributed by atoms with Gasteiger partial charge in [0.2, 0.25) is 0 Å². The van der Waals surface area contributed by atoms with Gasteiger partial charge in [-0.15, -0.1) is 0 Å². The van der Waals surface area contributed by atoms with Crippen LogP contribution in [0.4, 0.5) is 0 Å². The van der Waals surface area contributed by atoms with Gasteiger partial charge in [0, 0.05) is 5.54 Å². The average molecular weight is 240 g/mol. The molecule has 2 N–H and O–H groups in total. The van der Waals surface area contributed by atoms with Gasteiger partial charge in [-0.05, 0) is 75.6 Å². The van der Waals surface area contributed by atoms with Crippen molar-refractivity contribution in [2.45, 2.75) is 39.2 Å². The first-order valence-electron chi connectivity index (χ1n) is 6.05. The molecule has 0 radical (unpaired) electrons. The summed E-state index contributed by atoms with van der Waals surface area (Å²) >= 11 is 1.78. The van der Waals surface area contributed by atoms with E-state index in [2.05, 4.69) is 48.2 Å². The lowest BCUT2D eigenvalue weighted by Gasteiger charge is -2.20. The van der Waals surface area contributed by atoms with Crippen LogP contribution >= 0.6 is 11.3 Å². The first-order valence-corrected chi connectivity index (χ1v) is 6.99. The van der Waals surface area contributed by atoms with Gasteiger partial charge in [0.05, 0.1) is 0 Å². The van der Waals surface area contributed by atoms with E-state index < -0.39 is 0 Å². The molecule has 0 aromatic carbocycles. The molecule has 0 spiro atoms. The molecule has 2 nitrogen and oxygen atoms in total. The third-order valence-corrected chi connectivity index (χ3v) is 3.09. The largest absolute Gasteiger partial charge is 0.316 e. The molecule has 0 amide bonds. The SMILES string of the molecule is CC(C)(C)NCCCNCCc1ccsc1. The molecule has 1 aromatic heterocycles. The molecular formula is C13H24N2S.